The molecule has 0 bridgehead atoms. The van der Waals surface area contributed by atoms with E-state index in [1.54, 1.807) is 4.90 Å². The van der Waals surface area contributed by atoms with E-state index in [1.165, 1.54) is 0 Å². The lowest BCUT2D eigenvalue weighted by Gasteiger charge is -2.32. The summed E-state index contributed by atoms with van der Waals surface area (Å²) < 4.78 is 10.5. The maximum Gasteiger partial charge on any atom is 0.326 e. The third-order valence-electron chi connectivity index (χ3n) is 4.46. The predicted molar refractivity (Wildman–Crippen MR) is 75.9 cm³/mol. The minimum Gasteiger partial charge on any atom is -0.480 e. The largest absolute Gasteiger partial charge is 0.480 e. The molecule has 21 heavy (non-hydrogen) atoms. The number of fused-ring (bicyclic) bond motifs is 1. The van der Waals surface area contributed by atoms with Crippen molar-refractivity contribution >= 4 is 11.9 Å². The number of nitrogens with zero attached hydrogens (tertiary/aromatic N) is 1. The molecule has 1 saturated carbocycles. The molecule has 0 aromatic rings. The monoisotopic (exact) mass is 299 g/mol. The normalized spacial score (nSPS) is 28.4. The van der Waals surface area contributed by atoms with Crippen LogP contribution in [0.5, 0.6) is 0 Å². The van der Waals surface area contributed by atoms with E-state index in [0.717, 1.165) is 25.7 Å². The summed E-state index contributed by atoms with van der Waals surface area (Å²) in [7, 11) is 0. The Bertz CT molecular complexity index is 373. The Morgan fingerprint density at radius 1 is 1.19 bits per heavy atom. The summed E-state index contributed by atoms with van der Waals surface area (Å²) in [6, 6.07) is -0.594. The maximum atomic E-state index is 12.3. The number of carbonyl (C=O) groups excluding carboxylic acids is 1. The molecule has 2 aliphatic rings. The Kier molecular flexibility index (Phi) is 5.99. The van der Waals surface area contributed by atoms with Crippen LogP contribution in [0.3, 0.4) is 0 Å². The van der Waals surface area contributed by atoms with Crippen LogP contribution in [0.2, 0.25) is 0 Å². The summed E-state index contributed by atoms with van der Waals surface area (Å²) in [6.07, 6.45) is 4.75. The van der Waals surface area contributed by atoms with E-state index in [9.17, 15) is 14.7 Å². The van der Waals surface area contributed by atoms with Crippen LogP contribution >= 0.6 is 0 Å². The summed E-state index contributed by atoms with van der Waals surface area (Å²) in [5.41, 5.74) is 0. The number of hydrogen-bond donors (Lipinski definition) is 1. The van der Waals surface area contributed by atoms with Gasteiger partial charge in [0.1, 0.15) is 12.6 Å². The fourth-order valence-electron chi connectivity index (χ4n) is 3.54. The number of ether oxygens (including phenoxy) is 2. The van der Waals surface area contributed by atoms with Crippen molar-refractivity contribution < 1.29 is 24.2 Å². The summed E-state index contributed by atoms with van der Waals surface area (Å²) in [4.78, 5) is 25.3. The molecule has 1 saturated heterocycles. The van der Waals surface area contributed by atoms with Crippen molar-refractivity contribution in [2.45, 2.75) is 51.1 Å². The van der Waals surface area contributed by atoms with Crippen molar-refractivity contribution in [2.24, 2.45) is 5.92 Å². The van der Waals surface area contributed by atoms with Crippen LogP contribution in [0, 0.1) is 5.92 Å². The van der Waals surface area contributed by atoms with Gasteiger partial charge in [0.25, 0.3) is 0 Å². The molecule has 1 heterocycles. The molecule has 2 fully saturated rings. The Balaban J connectivity index is 1.90. The van der Waals surface area contributed by atoms with Gasteiger partial charge in [0.2, 0.25) is 5.91 Å². The highest BCUT2D eigenvalue weighted by atomic mass is 16.5. The summed E-state index contributed by atoms with van der Waals surface area (Å²) in [6.45, 7) is 3.28. The van der Waals surface area contributed by atoms with Crippen molar-refractivity contribution in [2.75, 3.05) is 26.4 Å². The van der Waals surface area contributed by atoms with Gasteiger partial charge in [0.05, 0.1) is 13.2 Å². The minimum absolute atomic E-state index is 0.0555. The fraction of sp³-hybridized carbons (Fsp3) is 0.867. The number of rotatable bonds is 7. The van der Waals surface area contributed by atoms with Crippen molar-refractivity contribution in [3.05, 3.63) is 0 Å². The van der Waals surface area contributed by atoms with E-state index in [0.29, 0.717) is 32.2 Å². The highest BCUT2D eigenvalue weighted by Crippen LogP contribution is 2.39. The number of likely N-dealkylation sites (tertiary alicyclic amines) is 1. The van der Waals surface area contributed by atoms with Crippen LogP contribution in [0.1, 0.15) is 39.0 Å². The molecule has 0 aromatic heterocycles. The first kappa shape index (κ1) is 16.2. The Labute approximate surface area is 125 Å². The number of hydrogen-bond acceptors (Lipinski definition) is 4. The van der Waals surface area contributed by atoms with Crippen LogP contribution in [-0.2, 0) is 19.1 Å². The summed E-state index contributed by atoms with van der Waals surface area (Å²) in [5.74, 6) is -0.757. The van der Waals surface area contributed by atoms with Crippen LogP contribution in [0.25, 0.3) is 0 Å². The Morgan fingerprint density at radius 2 is 1.90 bits per heavy atom. The zero-order chi connectivity index (χ0) is 15.2. The smallest absolute Gasteiger partial charge is 0.326 e. The lowest BCUT2D eigenvalue weighted by atomic mass is 9.85. The van der Waals surface area contributed by atoms with Crippen molar-refractivity contribution in [1.29, 1.82) is 0 Å². The number of carboxylic acid groups (broad SMARTS) is 1. The number of carbonyl (C=O) groups is 2. The third-order valence-corrected chi connectivity index (χ3v) is 4.46. The van der Waals surface area contributed by atoms with Gasteiger partial charge in [-0.3, -0.25) is 4.79 Å². The molecule has 3 unspecified atom stereocenters. The maximum absolute atomic E-state index is 12.3. The first-order valence-corrected chi connectivity index (χ1v) is 7.84. The molecule has 120 valence electrons. The Hall–Kier alpha value is -1.14. The van der Waals surface area contributed by atoms with Crippen molar-refractivity contribution in [3.8, 4) is 0 Å². The minimum atomic E-state index is -0.896. The zero-order valence-corrected chi connectivity index (χ0v) is 12.6. The van der Waals surface area contributed by atoms with Crippen LogP contribution in [-0.4, -0.2) is 60.4 Å². The van der Waals surface area contributed by atoms with E-state index in [2.05, 4.69) is 0 Å². The van der Waals surface area contributed by atoms with Gasteiger partial charge in [0.15, 0.2) is 0 Å². The van der Waals surface area contributed by atoms with Gasteiger partial charge in [0, 0.05) is 12.6 Å². The molecular formula is C15H25NO5. The Morgan fingerprint density at radius 3 is 2.62 bits per heavy atom. The molecular weight excluding hydrogens is 274 g/mol. The predicted octanol–water partition coefficient (Wildman–Crippen LogP) is 1.28. The molecule has 0 aromatic carbocycles. The first-order valence-electron chi connectivity index (χ1n) is 7.84. The number of aliphatic carboxylic acids is 1. The zero-order valence-electron chi connectivity index (χ0n) is 12.6. The number of carboxylic acids is 1. The fourth-order valence-corrected chi connectivity index (χ4v) is 3.54. The first-order chi connectivity index (χ1) is 10.1. The van der Waals surface area contributed by atoms with Gasteiger partial charge in [-0.25, -0.2) is 4.79 Å². The van der Waals surface area contributed by atoms with Gasteiger partial charge in [-0.2, -0.15) is 0 Å². The SMILES string of the molecule is CCOCCOCC(=O)N1C(C(=O)O)CC2CCCCC21. The molecule has 0 radical (unpaired) electrons. The topological polar surface area (TPSA) is 76.1 Å². The molecule has 1 aliphatic heterocycles. The second-order valence-electron chi connectivity index (χ2n) is 5.75. The molecule has 6 nitrogen and oxygen atoms in total. The standard InChI is InChI=1S/C15H25NO5/c1-2-20-7-8-21-10-14(17)16-12-6-4-3-5-11(12)9-13(16)15(18)19/h11-13H,2-10H2,1H3,(H,18,19). The highest BCUT2D eigenvalue weighted by molar-refractivity contribution is 5.85. The molecule has 6 heteroatoms. The molecule has 1 aliphatic carbocycles. The molecule has 2 rings (SSSR count). The summed E-state index contributed by atoms with van der Waals surface area (Å²) in [5, 5.41) is 9.37. The second-order valence-corrected chi connectivity index (χ2v) is 5.75. The van der Waals surface area contributed by atoms with Gasteiger partial charge in [-0.05, 0) is 32.1 Å². The van der Waals surface area contributed by atoms with Crippen LogP contribution in [0.15, 0.2) is 0 Å². The number of amides is 1. The van der Waals surface area contributed by atoms with E-state index < -0.39 is 12.0 Å². The van der Waals surface area contributed by atoms with E-state index in [-0.39, 0.29) is 18.6 Å². The van der Waals surface area contributed by atoms with Crippen molar-refractivity contribution in [3.63, 3.8) is 0 Å². The highest BCUT2D eigenvalue weighted by Gasteiger charge is 2.47. The van der Waals surface area contributed by atoms with Gasteiger partial charge < -0.3 is 19.5 Å². The van der Waals surface area contributed by atoms with E-state index in [4.69, 9.17) is 9.47 Å². The molecule has 3 atom stereocenters. The van der Waals surface area contributed by atoms with E-state index >= 15 is 0 Å². The lowest BCUT2D eigenvalue weighted by Crippen LogP contribution is -2.47. The van der Waals surface area contributed by atoms with Gasteiger partial charge >= 0.3 is 5.97 Å². The molecule has 1 amide bonds. The van der Waals surface area contributed by atoms with Gasteiger partial charge in [-0.1, -0.05) is 12.8 Å². The van der Waals surface area contributed by atoms with Crippen LogP contribution in [0.4, 0.5) is 0 Å². The average molecular weight is 299 g/mol. The quantitative estimate of drug-likeness (QED) is 0.717. The third kappa shape index (κ3) is 3.95. The van der Waals surface area contributed by atoms with Crippen molar-refractivity contribution in [1.82, 2.24) is 4.90 Å². The summed E-state index contributed by atoms with van der Waals surface area (Å²) >= 11 is 0. The van der Waals surface area contributed by atoms with Crippen LogP contribution < -0.4 is 0 Å². The average Bonchev–Trinajstić information content (AvgIpc) is 2.86. The second kappa shape index (κ2) is 7.75. The van der Waals surface area contributed by atoms with Gasteiger partial charge in [-0.15, -0.1) is 0 Å². The molecule has 0 spiro atoms. The lowest BCUT2D eigenvalue weighted by molar-refractivity contribution is -0.152. The van der Waals surface area contributed by atoms with E-state index in [1.807, 2.05) is 6.92 Å². The molecule has 1 N–H and O–H groups in total.